The van der Waals surface area contributed by atoms with Gasteiger partial charge in [0.1, 0.15) is 23.4 Å². The van der Waals surface area contributed by atoms with Crippen molar-refractivity contribution in [1.29, 1.82) is 0 Å². The van der Waals surface area contributed by atoms with Crippen molar-refractivity contribution in [3.63, 3.8) is 0 Å². The number of aromatic hydroxyl groups is 1. The maximum atomic E-state index is 14.2. The molecule has 9 heteroatoms. The van der Waals surface area contributed by atoms with E-state index in [0.717, 1.165) is 25.7 Å². The molecule has 2 unspecified atom stereocenters. The van der Waals surface area contributed by atoms with Crippen LogP contribution in [0.2, 0.25) is 0 Å². The van der Waals surface area contributed by atoms with E-state index < -0.39 is 29.3 Å². The SMILES string of the molecule is CCCCCCN(C(=O)C(CCSC)NC(=O)OC(C)(C)C)C(C(=O)NC(C)(C)C)c1ccc(O)c(C)c1. The first kappa shape index (κ1) is 33.6. The summed E-state index contributed by atoms with van der Waals surface area (Å²) in [6.45, 7) is 15.2. The quantitative estimate of drug-likeness (QED) is 0.271. The van der Waals surface area contributed by atoms with Gasteiger partial charge < -0.3 is 25.4 Å². The number of hydrogen-bond donors (Lipinski definition) is 3. The van der Waals surface area contributed by atoms with Crippen LogP contribution in [0.15, 0.2) is 18.2 Å². The fourth-order valence-electron chi connectivity index (χ4n) is 3.98. The molecule has 0 spiro atoms. The smallest absolute Gasteiger partial charge is 0.408 e. The van der Waals surface area contributed by atoms with E-state index in [9.17, 15) is 19.5 Å². The predicted octanol–water partition coefficient (Wildman–Crippen LogP) is 5.71. The zero-order chi connectivity index (χ0) is 29.1. The lowest BCUT2D eigenvalue weighted by molar-refractivity contribution is -0.143. The summed E-state index contributed by atoms with van der Waals surface area (Å²) in [7, 11) is 0. The Morgan fingerprint density at radius 1 is 1.08 bits per heavy atom. The van der Waals surface area contributed by atoms with Crippen molar-refractivity contribution in [1.82, 2.24) is 15.5 Å². The van der Waals surface area contributed by atoms with Crippen LogP contribution in [0.1, 0.15) is 97.7 Å². The van der Waals surface area contributed by atoms with Crippen LogP contribution in [0.5, 0.6) is 5.75 Å². The van der Waals surface area contributed by atoms with E-state index in [4.69, 9.17) is 4.74 Å². The van der Waals surface area contributed by atoms with E-state index in [0.29, 0.717) is 29.8 Å². The second-order valence-electron chi connectivity index (χ2n) is 11.8. The molecule has 1 rings (SSSR count). The van der Waals surface area contributed by atoms with Crippen molar-refractivity contribution in [2.45, 2.75) is 111 Å². The zero-order valence-electron chi connectivity index (χ0n) is 24.8. The topological polar surface area (TPSA) is 108 Å². The number of rotatable bonds is 13. The van der Waals surface area contributed by atoms with Crippen molar-refractivity contribution in [3.8, 4) is 5.75 Å². The highest BCUT2D eigenvalue weighted by atomic mass is 32.2. The van der Waals surface area contributed by atoms with Gasteiger partial charge in [-0.1, -0.05) is 32.3 Å². The van der Waals surface area contributed by atoms with Gasteiger partial charge in [-0.05, 0) is 96.6 Å². The first-order valence-electron chi connectivity index (χ1n) is 13.5. The minimum absolute atomic E-state index is 0.119. The van der Waals surface area contributed by atoms with Gasteiger partial charge in [-0.25, -0.2) is 4.79 Å². The number of phenolic OH excluding ortho intramolecular Hbond substituents is 1. The largest absolute Gasteiger partial charge is 0.508 e. The third kappa shape index (κ3) is 12.0. The van der Waals surface area contributed by atoms with Gasteiger partial charge in [0, 0.05) is 12.1 Å². The standard InChI is InChI=1S/C29H49N3O5S/c1-10-11-12-13-17-32(26(35)22(16-18-38-9)30-27(36)37-29(6,7)8)24(25(34)31-28(3,4)5)21-14-15-23(33)20(2)19-21/h14-15,19,22,24,33H,10-13,16-18H2,1-9H3,(H,30,36)(H,31,34). The lowest BCUT2D eigenvalue weighted by Gasteiger charge is -2.36. The Morgan fingerprint density at radius 2 is 1.74 bits per heavy atom. The fraction of sp³-hybridized carbons (Fsp3) is 0.690. The number of benzene rings is 1. The molecule has 0 aromatic heterocycles. The van der Waals surface area contributed by atoms with Crippen LogP contribution >= 0.6 is 11.8 Å². The third-order valence-corrected chi connectivity index (χ3v) is 6.37. The summed E-state index contributed by atoms with van der Waals surface area (Å²) in [6, 6.07) is 3.19. The summed E-state index contributed by atoms with van der Waals surface area (Å²) in [5, 5.41) is 15.9. The summed E-state index contributed by atoms with van der Waals surface area (Å²) < 4.78 is 5.44. The van der Waals surface area contributed by atoms with Crippen LogP contribution in [0.3, 0.4) is 0 Å². The lowest BCUT2D eigenvalue weighted by atomic mass is 9.98. The number of carbonyl (C=O) groups excluding carboxylic acids is 3. The molecule has 0 radical (unpaired) electrons. The minimum Gasteiger partial charge on any atom is -0.508 e. The van der Waals surface area contributed by atoms with E-state index in [1.807, 2.05) is 27.0 Å². The Kier molecular flexibility index (Phi) is 13.5. The molecule has 0 bridgehead atoms. The van der Waals surface area contributed by atoms with Gasteiger partial charge in [-0.2, -0.15) is 11.8 Å². The van der Waals surface area contributed by atoms with Gasteiger partial charge in [0.05, 0.1) is 0 Å². The van der Waals surface area contributed by atoms with Crippen LogP contribution in [-0.4, -0.2) is 63.6 Å². The van der Waals surface area contributed by atoms with Crippen LogP contribution in [0.25, 0.3) is 0 Å². The average molecular weight is 552 g/mol. The van der Waals surface area contributed by atoms with Crippen LogP contribution in [0.4, 0.5) is 4.79 Å². The highest BCUT2D eigenvalue weighted by molar-refractivity contribution is 7.98. The number of carbonyl (C=O) groups is 3. The van der Waals surface area contributed by atoms with E-state index in [1.165, 1.54) is 0 Å². The second kappa shape index (κ2) is 15.2. The molecule has 2 atom stereocenters. The molecule has 0 heterocycles. The van der Waals surface area contributed by atoms with E-state index in [2.05, 4.69) is 17.6 Å². The number of aryl methyl sites for hydroxylation is 1. The first-order chi connectivity index (χ1) is 17.6. The summed E-state index contributed by atoms with van der Waals surface area (Å²) in [4.78, 5) is 42.2. The summed E-state index contributed by atoms with van der Waals surface area (Å²) in [6.07, 6.45) is 5.36. The summed E-state index contributed by atoms with van der Waals surface area (Å²) >= 11 is 1.58. The molecule has 0 fully saturated rings. The Balaban J connectivity index is 3.54. The molecule has 216 valence electrons. The normalized spacial score (nSPS) is 13.4. The predicted molar refractivity (Wildman–Crippen MR) is 155 cm³/mol. The third-order valence-electron chi connectivity index (χ3n) is 5.73. The number of unbranched alkanes of at least 4 members (excludes halogenated alkanes) is 3. The van der Waals surface area contributed by atoms with Crippen molar-refractivity contribution < 1.29 is 24.2 Å². The Bertz CT molecular complexity index is 924. The maximum Gasteiger partial charge on any atom is 0.408 e. The Morgan fingerprint density at radius 3 is 2.26 bits per heavy atom. The highest BCUT2D eigenvalue weighted by Crippen LogP contribution is 2.28. The van der Waals surface area contributed by atoms with Crippen molar-refractivity contribution >= 4 is 29.7 Å². The van der Waals surface area contributed by atoms with Gasteiger partial charge in [-0.15, -0.1) is 0 Å². The molecule has 0 aliphatic heterocycles. The number of nitrogens with zero attached hydrogens (tertiary/aromatic N) is 1. The zero-order valence-corrected chi connectivity index (χ0v) is 25.6. The van der Waals surface area contributed by atoms with Gasteiger partial charge in [0.15, 0.2) is 0 Å². The average Bonchev–Trinajstić information content (AvgIpc) is 2.77. The molecular weight excluding hydrogens is 502 g/mol. The first-order valence-corrected chi connectivity index (χ1v) is 14.9. The maximum absolute atomic E-state index is 14.2. The lowest BCUT2D eigenvalue weighted by Crippen LogP contribution is -2.55. The molecule has 0 aliphatic rings. The number of phenols is 1. The van der Waals surface area contributed by atoms with Crippen LogP contribution in [0, 0.1) is 6.92 Å². The van der Waals surface area contributed by atoms with E-state index in [-0.39, 0.29) is 17.6 Å². The number of hydrogen-bond acceptors (Lipinski definition) is 6. The van der Waals surface area contributed by atoms with Crippen molar-refractivity contribution in [2.24, 2.45) is 0 Å². The summed E-state index contributed by atoms with van der Waals surface area (Å²) in [5.74, 6) is 0.120. The number of nitrogens with one attached hydrogen (secondary N) is 2. The van der Waals surface area contributed by atoms with Crippen LogP contribution in [-0.2, 0) is 14.3 Å². The van der Waals surface area contributed by atoms with E-state index in [1.54, 1.807) is 62.6 Å². The summed E-state index contributed by atoms with van der Waals surface area (Å²) in [5.41, 5.74) is -0.0203. The van der Waals surface area contributed by atoms with Crippen LogP contribution < -0.4 is 10.6 Å². The minimum atomic E-state index is -0.931. The number of ether oxygens (including phenoxy) is 1. The van der Waals surface area contributed by atoms with Crippen molar-refractivity contribution in [2.75, 3.05) is 18.6 Å². The fourth-order valence-corrected chi connectivity index (χ4v) is 4.45. The molecule has 3 amide bonds. The van der Waals surface area contributed by atoms with E-state index >= 15 is 0 Å². The Labute approximate surface area is 233 Å². The monoisotopic (exact) mass is 551 g/mol. The van der Waals surface area contributed by atoms with Gasteiger partial charge in [-0.3, -0.25) is 9.59 Å². The molecule has 1 aromatic carbocycles. The Hall–Kier alpha value is -2.42. The highest BCUT2D eigenvalue weighted by Gasteiger charge is 2.37. The second-order valence-corrected chi connectivity index (χ2v) is 12.7. The number of alkyl carbamates (subject to hydrolysis) is 1. The number of amides is 3. The molecule has 8 nitrogen and oxygen atoms in total. The molecule has 38 heavy (non-hydrogen) atoms. The molecule has 0 aliphatic carbocycles. The molecule has 1 aromatic rings. The van der Waals surface area contributed by atoms with Gasteiger partial charge in [0.2, 0.25) is 11.8 Å². The molecule has 3 N–H and O–H groups in total. The number of thioether (sulfide) groups is 1. The molecule has 0 saturated carbocycles. The van der Waals surface area contributed by atoms with Gasteiger partial charge >= 0.3 is 6.09 Å². The van der Waals surface area contributed by atoms with Gasteiger partial charge in [0.25, 0.3) is 0 Å². The molecular formula is C29H49N3O5S. The molecule has 0 saturated heterocycles. The van der Waals surface area contributed by atoms with Crippen molar-refractivity contribution in [3.05, 3.63) is 29.3 Å².